The van der Waals surface area contributed by atoms with Gasteiger partial charge in [-0.1, -0.05) is 0 Å². The largest absolute Gasteiger partial charge is 0.481 e. The number of amides is 8. The summed E-state index contributed by atoms with van der Waals surface area (Å²) in [6.45, 7) is 1.14. The van der Waals surface area contributed by atoms with Gasteiger partial charge in [0.1, 0.15) is 48.3 Å². The maximum atomic E-state index is 14.0. The first-order valence-electron chi connectivity index (χ1n) is 23.9. The maximum Gasteiger partial charge on any atom is 0.326 e. The number of hydrogen-bond acceptors (Lipinski definition) is 16. The Hall–Kier alpha value is -6.03. The molecule has 70 heavy (non-hydrogen) atoms. The van der Waals surface area contributed by atoms with Crippen LogP contribution in [0.15, 0.2) is 0 Å². The summed E-state index contributed by atoms with van der Waals surface area (Å²) in [6, 6.07) is -11.4. The van der Waals surface area contributed by atoms with Crippen LogP contribution < -0.4 is 71.2 Å². The highest BCUT2D eigenvalue weighted by Gasteiger charge is 2.36. The minimum absolute atomic E-state index is 0.0278. The van der Waals surface area contributed by atoms with Crippen molar-refractivity contribution < 1.29 is 68.1 Å². The van der Waals surface area contributed by atoms with Crippen molar-refractivity contribution in [2.45, 2.75) is 170 Å². The van der Waals surface area contributed by atoms with Gasteiger partial charge in [0.2, 0.25) is 47.3 Å². The van der Waals surface area contributed by atoms with Gasteiger partial charge in [0.25, 0.3) is 0 Å². The molecule has 21 N–H and O–H groups in total. The Labute approximate surface area is 406 Å². The first kappa shape index (κ1) is 62.0. The fraction of sp³-hybridized carbons (Fsp3) is 0.744. The van der Waals surface area contributed by atoms with Crippen LogP contribution in [0.5, 0.6) is 0 Å². The summed E-state index contributed by atoms with van der Waals surface area (Å²) >= 11 is 0. The van der Waals surface area contributed by atoms with Gasteiger partial charge >= 0.3 is 17.9 Å². The van der Waals surface area contributed by atoms with Crippen LogP contribution in [0.4, 0.5) is 0 Å². The number of nitrogens with two attached hydrogens (primary N) is 5. The molecule has 8 amide bonds. The zero-order chi connectivity index (χ0) is 52.6. The Morgan fingerprint density at radius 2 is 0.700 bits per heavy atom. The normalized spacial score (nSPS) is 16.1. The molecule has 1 fully saturated rings. The van der Waals surface area contributed by atoms with Gasteiger partial charge in [-0.25, -0.2) is 4.79 Å². The fourth-order valence-electron chi connectivity index (χ4n) is 7.28. The van der Waals surface area contributed by atoms with E-state index in [0.717, 1.165) is 0 Å². The molecule has 0 bridgehead atoms. The molecule has 1 rings (SSSR count). The lowest BCUT2D eigenvalue weighted by molar-refractivity contribution is -0.144. The summed E-state index contributed by atoms with van der Waals surface area (Å²) in [5, 5.41) is 48.6. The molecular formula is C43H77N13O14. The maximum absolute atomic E-state index is 14.0. The molecule has 398 valence electrons. The number of carboxylic acids is 3. The molecule has 8 atom stereocenters. The van der Waals surface area contributed by atoms with Crippen molar-refractivity contribution in [3.05, 3.63) is 0 Å². The van der Waals surface area contributed by atoms with Crippen molar-refractivity contribution in [1.29, 1.82) is 0 Å². The Bertz CT molecular complexity index is 1740. The van der Waals surface area contributed by atoms with E-state index in [1.807, 2.05) is 0 Å². The molecule has 0 radical (unpaired) electrons. The second kappa shape index (κ2) is 35.1. The summed E-state index contributed by atoms with van der Waals surface area (Å²) in [6.07, 6.45) is 1.81. The second-order valence-electron chi connectivity index (χ2n) is 17.0. The third kappa shape index (κ3) is 25.0. The van der Waals surface area contributed by atoms with E-state index in [4.69, 9.17) is 28.7 Å². The quantitative estimate of drug-likeness (QED) is 0.0257. The number of unbranched alkanes of at least 4 members (excludes halogenated alkanes) is 5. The standard InChI is InChI=1S/C43H77N13O14/c44-18-6-1-11-25(52-40(66)29-16-17-33(57)49-29)36(62)50-27(13-3-8-20-46)38(64)55-31(23-34(58)59)41(67)53-26(12-2-7-19-45)37(63)51-28(14-4-9-21-47)39(65)56-32(24-35(60)61)42(68)54-30(43(69)70)15-5-10-22-48/h25-32H,1-24,44-48H2,(H,49,57)(H,50,62)(H,51,63)(H,52,66)(H,53,67)(H,54,68)(H,55,64)(H,56,65)(H,58,59)(H,60,61)(H,69,70)/t25-,26-,27-,28-,29-,30-,31-,32-/m0/s1. The molecule has 1 saturated heterocycles. The molecule has 1 heterocycles. The van der Waals surface area contributed by atoms with Crippen LogP contribution in [-0.4, -0.2) is 162 Å². The average molecular weight is 1000 g/mol. The van der Waals surface area contributed by atoms with Gasteiger partial charge in [0.15, 0.2) is 0 Å². The first-order valence-corrected chi connectivity index (χ1v) is 23.9. The van der Waals surface area contributed by atoms with Crippen molar-refractivity contribution in [2.24, 2.45) is 28.7 Å². The predicted molar refractivity (Wildman–Crippen MR) is 251 cm³/mol. The van der Waals surface area contributed by atoms with E-state index >= 15 is 0 Å². The van der Waals surface area contributed by atoms with Crippen LogP contribution >= 0.6 is 0 Å². The second-order valence-corrected chi connectivity index (χ2v) is 17.0. The van der Waals surface area contributed by atoms with Crippen molar-refractivity contribution in [3.63, 3.8) is 0 Å². The average Bonchev–Trinajstić information content (AvgIpc) is 3.75. The fourth-order valence-corrected chi connectivity index (χ4v) is 7.28. The number of aliphatic carboxylic acids is 3. The summed E-state index contributed by atoms with van der Waals surface area (Å²) in [4.78, 5) is 143. The molecule has 0 aromatic heterocycles. The minimum Gasteiger partial charge on any atom is -0.481 e. The molecule has 0 unspecified atom stereocenters. The van der Waals surface area contributed by atoms with Gasteiger partial charge in [-0.15, -0.1) is 0 Å². The van der Waals surface area contributed by atoms with Gasteiger partial charge < -0.3 is 86.5 Å². The van der Waals surface area contributed by atoms with Gasteiger partial charge in [-0.05, 0) is 135 Å². The van der Waals surface area contributed by atoms with Crippen LogP contribution in [0.25, 0.3) is 0 Å². The molecular weight excluding hydrogens is 923 g/mol. The van der Waals surface area contributed by atoms with Crippen molar-refractivity contribution in [2.75, 3.05) is 32.7 Å². The van der Waals surface area contributed by atoms with E-state index in [1.165, 1.54) is 0 Å². The summed E-state index contributed by atoms with van der Waals surface area (Å²) in [5.41, 5.74) is 28.1. The third-order valence-corrected chi connectivity index (χ3v) is 11.2. The molecule has 0 saturated carbocycles. The highest BCUT2D eigenvalue weighted by Crippen LogP contribution is 2.12. The number of carbonyl (C=O) groups is 11. The highest BCUT2D eigenvalue weighted by atomic mass is 16.4. The topological polar surface area (TPSA) is 475 Å². The van der Waals surface area contributed by atoms with Crippen LogP contribution in [-0.2, 0) is 52.7 Å². The summed E-state index contributed by atoms with van der Waals surface area (Å²) < 4.78 is 0. The van der Waals surface area contributed by atoms with Crippen LogP contribution in [0.3, 0.4) is 0 Å². The Kier molecular flexibility index (Phi) is 31.1. The van der Waals surface area contributed by atoms with E-state index in [9.17, 15) is 68.1 Å². The highest BCUT2D eigenvalue weighted by molar-refractivity contribution is 5.99. The Morgan fingerprint density at radius 1 is 0.429 bits per heavy atom. The van der Waals surface area contributed by atoms with E-state index in [1.54, 1.807) is 0 Å². The number of carboxylic acid groups (broad SMARTS) is 3. The molecule has 1 aliphatic rings. The van der Waals surface area contributed by atoms with Crippen molar-refractivity contribution >= 4 is 65.2 Å². The smallest absolute Gasteiger partial charge is 0.326 e. The van der Waals surface area contributed by atoms with Crippen molar-refractivity contribution in [3.8, 4) is 0 Å². The Balaban J connectivity index is 3.44. The van der Waals surface area contributed by atoms with Crippen molar-refractivity contribution in [1.82, 2.24) is 42.5 Å². The molecule has 0 spiro atoms. The molecule has 0 aromatic rings. The predicted octanol–water partition coefficient (Wildman–Crippen LogP) is -4.66. The zero-order valence-corrected chi connectivity index (χ0v) is 39.8. The van der Waals surface area contributed by atoms with Gasteiger partial charge in [0.05, 0.1) is 12.8 Å². The van der Waals surface area contributed by atoms with Gasteiger partial charge in [0, 0.05) is 6.42 Å². The van der Waals surface area contributed by atoms with Crippen LogP contribution in [0.1, 0.15) is 122 Å². The van der Waals surface area contributed by atoms with E-state index in [0.29, 0.717) is 57.9 Å². The first-order chi connectivity index (χ1) is 33.3. The minimum atomic E-state index is -1.83. The van der Waals surface area contributed by atoms with Gasteiger partial charge in [-0.3, -0.25) is 47.9 Å². The number of rotatable bonds is 39. The van der Waals surface area contributed by atoms with Crippen LogP contribution in [0.2, 0.25) is 0 Å². The third-order valence-electron chi connectivity index (χ3n) is 11.2. The monoisotopic (exact) mass is 1000 g/mol. The zero-order valence-electron chi connectivity index (χ0n) is 39.8. The lowest BCUT2D eigenvalue weighted by Crippen LogP contribution is -2.60. The van der Waals surface area contributed by atoms with Gasteiger partial charge in [-0.2, -0.15) is 0 Å². The summed E-state index contributed by atoms with van der Waals surface area (Å²) in [7, 11) is 0. The number of nitrogens with one attached hydrogen (secondary N) is 8. The molecule has 0 aromatic carbocycles. The van der Waals surface area contributed by atoms with E-state index in [-0.39, 0.29) is 89.9 Å². The molecule has 1 aliphatic heterocycles. The molecule has 27 nitrogen and oxygen atoms in total. The SMILES string of the molecule is NCCCC[C@H](NC(=O)[C@H](CC(=O)O)NC(=O)[C@H](CCCCN)NC(=O)[C@H](CCCCN)NC(=O)[C@H](CC(=O)O)NC(=O)[C@H](CCCCN)NC(=O)[C@H](CCCCN)NC(=O)[C@@H]1CCC(=O)N1)C(=O)O. The van der Waals surface area contributed by atoms with E-state index in [2.05, 4.69) is 42.5 Å². The van der Waals surface area contributed by atoms with E-state index < -0.39 is 120 Å². The number of carbonyl (C=O) groups excluding carboxylic acids is 8. The Morgan fingerprint density at radius 3 is 0.971 bits per heavy atom. The van der Waals surface area contributed by atoms with Crippen LogP contribution in [0, 0.1) is 0 Å². The molecule has 27 heteroatoms. The molecule has 0 aliphatic carbocycles. The number of hydrogen-bond donors (Lipinski definition) is 16. The lowest BCUT2D eigenvalue weighted by Gasteiger charge is -2.27. The summed E-state index contributed by atoms with van der Waals surface area (Å²) in [5.74, 6) is -11.4. The lowest BCUT2D eigenvalue weighted by atomic mass is 10.0.